The molecule has 1 atom stereocenters. The molecule has 1 aromatic rings. The van der Waals surface area contributed by atoms with Crippen LogP contribution in [-0.2, 0) is 20.7 Å². The van der Waals surface area contributed by atoms with Gasteiger partial charge in [-0.25, -0.2) is 0 Å². The first kappa shape index (κ1) is 21.4. The van der Waals surface area contributed by atoms with Crippen LogP contribution in [0.5, 0.6) is 0 Å². The van der Waals surface area contributed by atoms with Crippen molar-refractivity contribution < 1.29 is 14.3 Å². The van der Waals surface area contributed by atoms with Gasteiger partial charge in [0.15, 0.2) is 0 Å². The molecule has 1 aliphatic heterocycles. The molecular weight excluding hydrogens is 342 g/mol. The second-order valence-electron chi connectivity index (χ2n) is 7.50. The van der Waals surface area contributed by atoms with Crippen molar-refractivity contribution in [2.45, 2.75) is 39.2 Å². The van der Waals surface area contributed by atoms with E-state index in [4.69, 9.17) is 4.74 Å². The van der Waals surface area contributed by atoms with Crippen molar-refractivity contribution in [3.05, 3.63) is 35.9 Å². The Morgan fingerprint density at radius 2 is 1.78 bits per heavy atom. The number of nitrogens with one attached hydrogen (secondary N) is 2. The zero-order valence-electron chi connectivity index (χ0n) is 16.6. The van der Waals surface area contributed by atoms with Gasteiger partial charge in [-0.2, -0.15) is 0 Å². The van der Waals surface area contributed by atoms with Crippen LogP contribution in [0.25, 0.3) is 0 Å². The summed E-state index contributed by atoms with van der Waals surface area (Å²) in [4.78, 5) is 26.5. The molecule has 2 N–H and O–H groups in total. The van der Waals surface area contributed by atoms with Crippen LogP contribution in [0.3, 0.4) is 0 Å². The maximum Gasteiger partial charge on any atom is 0.224 e. The number of nitrogens with zero attached hydrogens (tertiary/aromatic N) is 1. The van der Waals surface area contributed by atoms with Crippen molar-refractivity contribution in [2.24, 2.45) is 5.92 Å². The number of amides is 2. The Bertz CT molecular complexity index is 571. The average molecular weight is 376 g/mol. The molecule has 1 fully saturated rings. The smallest absolute Gasteiger partial charge is 0.224 e. The highest BCUT2D eigenvalue weighted by Gasteiger charge is 2.22. The maximum atomic E-state index is 12.2. The SMILES string of the molecule is CC(C)CC(CNC(=O)CCNC(=O)Cc1ccccc1)N1CCOCC1. The monoisotopic (exact) mass is 375 g/mol. The van der Waals surface area contributed by atoms with Crippen LogP contribution >= 0.6 is 0 Å². The van der Waals surface area contributed by atoms with E-state index in [1.54, 1.807) is 0 Å². The number of carbonyl (C=O) groups is 2. The summed E-state index contributed by atoms with van der Waals surface area (Å²) in [5.41, 5.74) is 0.974. The Balaban J connectivity index is 1.66. The zero-order chi connectivity index (χ0) is 19.5. The van der Waals surface area contributed by atoms with Crippen molar-refractivity contribution in [2.75, 3.05) is 39.4 Å². The van der Waals surface area contributed by atoms with Crippen molar-refractivity contribution in [1.82, 2.24) is 15.5 Å². The van der Waals surface area contributed by atoms with Crippen molar-refractivity contribution in [3.8, 4) is 0 Å². The number of hydrogen-bond donors (Lipinski definition) is 2. The normalized spacial score (nSPS) is 16.1. The summed E-state index contributed by atoms with van der Waals surface area (Å²) in [6.45, 7) is 8.78. The van der Waals surface area contributed by atoms with Gasteiger partial charge in [-0.05, 0) is 17.9 Å². The van der Waals surface area contributed by atoms with Gasteiger partial charge in [0, 0.05) is 38.6 Å². The third-order valence-corrected chi connectivity index (χ3v) is 4.72. The molecule has 0 bridgehead atoms. The number of hydrogen-bond acceptors (Lipinski definition) is 4. The molecule has 0 radical (unpaired) electrons. The van der Waals surface area contributed by atoms with E-state index in [9.17, 15) is 9.59 Å². The molecule has 1 heterocycles. The van der Waals surface area contributed by atoms with Crippen LogP contribution in [0.4, 0.5) is 0 Å². The van der Waals surface area contributed by atoms with Crippen molar-refractivity contribution in [1.29, 1.82) is 0 Å². The molecule has 6 nitrogen and oxygen atoms in total. The van der Waals surface area contributed by atoms with Crippen molar-refractivity contribution in [3.63, 3.8) is 0 Å². The Kier molecular flexibility index (Phi) is 9.28. The summed E-state index contributed by atoms with van der Waals surface area (Å²) in [5, 5.41) is 5.85. The molecule has 2 amide bonds. The molecule has 1 aliphatic rings. The predicted molar refractivity (Wildman–Crippen MR) is 106 cm³/mol. The third kappa shape index (κ3) is 8.54. The van der Waals surface area contributed by atoms with Crippen LogP contribution < -0.4 is 10.6 Å². The first-order valence-corrected chi connectivity index (χ1v) is 9.93. The maximum absolute atomic E-state index is 12.2. The van der Waals surface area contributed by atoms with Gasteiger partial charge in [0.2, 0.25) is 11.8 Å². The Morgan fingerprint density at radius 3 is 2.44 bits per heavy atom. The Morgan fingerprint density at radius 1 is 1.07 bits per heavy atom. The summed E-state index contributed by atoms with van der Waals surface area (Å²) in [6.07, 6.45) is 1.70. The van der Waals surface area contributed by atoms with E-state index in [0.717, 1.165) is 38.3 Å². The molecule has 0 saturated carbocycles. The third-order valence-electron chi connectivity index (χ3n) is 4.72. The van der Waals surface area contributed by atoms with Crippen LogP contribution in [0.2, 0.25) is 0 Å². The highest BCUT2D eigenvalue weighted by atomic mass is 16.5. The van der Waals surface area contributed by atoms with E-state index < -0.39 is 0 Å². The van der Waals surface area contributed by atoms with E-state index in [1.807, 2.05) is 30.3 Å². The zero-order valence-corrected chi connectivity index (χ0v) is 16.6. The molecule has 1 saturated heterocycles. The van der Waals surface area contributed by atoms with Crippen LogP contribution in [0.1, 0.15) is 32.3 Å². The van der Waals surface area contributed by atoms with Gasteiger partial charge >= 0.3 is 0 Å². The fourth-order valence-corrected chi connectivity index (χ4v) is 3.33. The van der Waals surface area contributed by atoms with Crippen molar-refractivity contribution >= 4 is 11.8 Å². The fourth-order valence-electron chi connectivity index (χ4n) is 3.33. The summed E-state index contributed by atoms with van der Waals surface area (Å²) in [6, 6.07) is 9.94. The van der Waals surface area contributed by atoms with Gasteiger partial charge in [0.05, 0.1) is 19.6 Å². The second kappa shape index (κ2) is 11.7. The lowest BCUT2D eigenvalue weighted by atomic mass is 10.0. The molecule has 0 aromatic heterocycles. The lowest BCUT2D eigenvalue weighted by Gasteiger charge is -2.35. The van der Waals surface area contributed by atoms with Crippen LogP contribution in [0, 0.1) is 5.92 Å². The average Bonchev–Trinajstić information content (AvgIpc) is 2.66. The standard InChI is InChI=1S/C21H33N3O3/c1-17(2)14-19(24-10-12-27-13-11-24)16-23-20(25)8-9-22-21(26)15-18-6-4-3-5-7-18/h3-7,17,19H,8-16H2,1-2H3,(H,22,26)(H,23,25). The molecule has 0 spiro atoms. The molecule has 6 heteroatoms. The quantitative estimate of drug-likeness (QED) is 0.652. The van der Waals surface area contributed by atoms with Gasteiger partial charge in [-0.1, -0.05) is 44.2 Å². The summed E-state index contributed by atoms with van der Waals surface area (Å²) in [5.74, 6) is 0.504. The van der Waals surface area contributed by atoms with E-state index in [2.05, 4.69) is 29.4 Å². The summed E-state index contributed by atoms with van der Waals surface area (Å²) >= 11 is 0. The fraction of sp³-hybridized carbons (Fsp3) is 0.619. The number of benzene rings is 1. The van der Waals surface area contributed by atoms with Crippen LogP contribution in [-0.4, -0.2) is 62.1 Å². The summed E-state index contributed by atoms with van der Waals surface area (Å²) in [7, 11) is 0. The van der Waals surface area contributed by atoms with Gasteiger partial charge in [-0.3, -0.25) is 14.5 Å². The number of ether oxygens (including phenoxy) is 1. The van der Waals surface area contributed by atoms with Gasteiger partial charge in [0.1, 0.15) is 0 Å². The number of morpholine rings is 1. The molecular formula is C21H33N3O3. The molecule has 1 unspecified atom stereocenters. The van der Waals surface area contributed by atoms with E-state index >= 15 is 0 Å². The summed E-state index contributed by atoms with van der Waals surface area (Å²) < 4.78 is 5.43. The molecule has 150 valence electrons. The lowest BCUT2D eigenvalue weighted by Crippen LogP contribution is -2.49. The van der Waals surface area contributed by atoms with E-state index in [-0.39, 0.29) is 11.8 Å². The van der Waals surface area contributed by atoms with E-state index in [0.29, 0.717) is 37.9 Å². The first-order chi connectivity index (χ1) is 13.0. The largest absolute Gasteiger partial charge is 0.379 e. The minimum absolute atomic E-state index is 0.0166. The minimum atomic E-state index is -0.0556. The molecule has 0 aliphatic carbocycles. The predicted octanol–water partition coefficient (Wildman–Crippen LogP) is 1.60. The number of rotatable bonds is 10. The highest BCUT2D eigenvalue weighted by Crippen LogP contribution is 2.13. The molecule has 2 rings (SSSR count). The number of carbonyl (C=O) groups excluding carboxylic acids is 2. The van der Waals surface area contributed by atoms with Gasteiger partial charge in [-0.15, -0.1) is 0 Å². The first-order valence-electron chi connectivity index (χ1n) is 9.93. The highest BCUT2D eigenvalue weighted by molar-refractivity contribution is 5.80. The van der Waals surface area contributed by atoms with Gasteiger partial charge < -0.3 is 15.4 Å². The lowest BCUT2D eigenvalue weighted by molar-refractivity contribution is -0.122. The van der Waals surface area contributed by atoms with E-state index in [1.165, 1.54) is 0 Å². The van der Waals surface area contributed by atoms with Gasteiger partial charge in [0.25, 0.3) is 0 Å². The Labute approximate surface area is 162 Å². The molecule has 27 heavy (non-hydrogen) atoms. The molecule has 1 aromatic carbocycles. The van der Waals surface area contributed by atoms with Crippen LogP contribution in [0.15, 0.2) is 30.3 Å². The minimum Gasteiger partial charge on any atom is -0.379 e. The topological polar surface area (TPSA) is 70.7 Å². The second-order valence-corrected chi connectivity index (χ2v) is 7.50. The Hall–Kier alpha value is -1.92.